The summed E-state index contributed by atoms with van der Waals surface area (Å²) in [6.45, 7) is 4.67. The molecule has 7 heteroatoms. The highest BCUT2D eigenvalue weighted by Gasteiger charge is 2.71. The molecule has 6 nitrogen and oxygen atoms in total. The number of carbonyl (C=O) groups is 1. The van der Waals surface area contributed by atoms with Crippen molar-refractivity contribution < 1.29 is 23.1 Å². The van der Waals surface area contributed by atoms with Gasteiger partial charge in [0.05, 0.1) is 24.2 Å². The van der Waals surface area contributed by atoms with Crippen molar-refractivity contribution in [2.75, 3.05) is 6.61 Å². The summed E-state index contributed by atoms with van der Waals surface area (Å²) >= 11 is 0. The number of nitrogens with zero attached hydrogens (tertiary/aromatic N) is 1. The Bertz CT molecular complexity index is 575. The summed E-state index contributed by atoms with van der Waals surface area (Å²) in [6.07, 6.45) is 2.62. The van der Waals surface area contributed by atoms with E-state index >= 15 is 0 Å². The molecule has 2 saturated heterocycles. The van der Waals surface area contributed by atoms with E-state index in [0.717, 1.165) is 4.31 Å². The highest BCUT2D eigenvalue weighted by Crippen LogP contribution is 2.52. The van der Waals surface area contributed by atoms with E-state index in [1.807, 2.05) is 0 Å². The Morgan fingerprint density at radius 3 is 2.63 bits per heavy atom. The van der Waals surface area contributed by atoms with Gasteiger partial charge in [-0.3, -0.25) is 4.79 Å². The SMILES string of the molecule is CC(C)(C)N1C(=O)[C@H]2[C@H]([C@@H]3C=C[C@@]2(CO)O3)S1(=O)=O. The molecule has 4 atom stereocenters. The van der Waals surface area contributed by atoms with Crippen LogP contribution in [0.25, 0.3) is 0 Å². The lowest BCUT2D eigenvalue weighted by molar-refractivity contribution is -0.137. The van der Waals surface area contributed by atoms with Crippen molar-refractivity contribution in [3.63, 3.8) is 0 Å². The number of aliphatic hydroxyl groups excluding tert-OH is 1. The molecule has 106 valence electrons. The number of amides is 1. The van der Waals surface area contributed by atoms with Gasteiger partial charge in [-0.1, -0.05) is 12.2 Å². The fraction of sp³-hybridized carbons (Fsp3) is 0.750. The minimum absolute atomic E-state index is 0.388. The van der Waals surface area contributed by atoms with E-state index in [0.29, 0.717) is 0 Å². The quantitative estimate of drug-likeness (QED) is 0.666. The van der Waals surface area contributed by atoms with Crippen LogP contribution in [0.15, 0.2) is 12.2 Å². The molecule has 2 fully saturated rings. The molecule has 0 radical (unpaired) electrons. The summed E-state index contributed by atoms with van der Waals surface area (Å²) in [4.78, 5) is 12.5. The maximum atomic E-state index is 12.6. The van der Waals surface area contributed by atoms with E-state index < -0.39 is 44.3 Å². The van der Waals surface area contributed by atoms with Crippen LogP contribution in [0.4, 0.5) is 0 Å². The van der Waals surface area contributed by atoms with Crippen molar-refractivity contribution >= 4 is 15.9 Å². The fourth-order valence-corrected chi connectivity index (χ4v) is 5.92. The van der Waals surface area contributed by atoms with E-state index in [4.69, 9.17) is 4.74 Å². The van der Waals surface area contributed by atoms with Gasteiger partial charge >= 0.3 is 0 Å². The molecule has 3 rings (SSSR count). The first-order valence-corrected chi connectivity index (χ1v) is 7.72. The van der Waals surface area contributed by atoms with E-state index in [1.54, 1.807) is 32.9 Å². The van der Waals surface area contributed by atoms with Crippen molar-refractivity contribution in [2.24, 2.45) is 5.92 Å². The van der Waals surface area contributed by atoms with Crippen LogP contribution in [-0.2, 0) is 19.6 Å². The van der Waals surface area contributed by atoms with E-state index in [1.165, 1.54) is 0 Å². The molecule has 3 heterocycles. The van der Waals surface area contributed by atoms with Crippen molar-refractivity contribution in [3.05, 3.63) is 12.2 Å². The van der Waals surface area contributed by atoms with Gasteiger partial charge in [-0.15, -0.1) is 0 Å². The predicted molar refractivity (Wildman–Crippen MR) is 66.6 cm³/mol. The van der Waals surface area contributed by atoms with Gasteiger partial charge in [0.25, 0.3) is 0 Å². The zero-order chi connectivity index (χ0) is 14.2. The Hall–Kier alpha value is -0.920. The van der Waals surface area contributed by atoms with Crippen LogP contribution in [0, 0.1) is 5.92 Å². The summed E-state index contributed by atoms with van der Waals surface area (Å²) in [5.41, 5.74) is -1.98. The largest absolute Gasteiger partial charge is 0.393 e. The van der Waals surface area contributed by atoms with E-state index in [2.05, 4.69) is 0 Å². The van der Waals surface area contributed by atoms with E-state index in [9.17, 15) is 18.3 Å². The lowest BCUT2D eigenvalue weighted by Gasteiger charge is -2.33. The second-order valence-electron chi connectivity index (χ2n) is 6.32. The third kappa shape index (κ3) is 1.38. The first-order valence-electron chi connectivity index (χ1n) is 6.21. The molecule has 0 aliphatic carbocycles. The van der Waals surface area contributed by atoms with Gasteiger partial charge in [0.2, 0.25) is 15.9 Å². The van der Waals surface area contributed by atoms with Gasteiger partial charge in [-0.05, 0) is 20.8 Å². The van der Waals surface area contributed by atoms with Crippen LogP contribution >= 0.6 is 0 Å². The fourth-order valence-electron chi connectivity index (χ4n) is 3.38. The molecule has 0 aromatic carbocycles. The Balaban J connectivity index is 2.16. The Morgan fingerprint density at radius 1 is 1.47 bits per heavy atom. The maximum absolute atomic E-state index is 12.6. The Labute approximate surface area is 112 Å². The van der Waals surface area contributed by atoms with Crippen molar-refractivity contribution in [2.45, 2.75) is 43.3 Å². The lowest BCUT2D eigenvalue weighted by Crippen LogP contribution is -2.49. The topological polar surface area (TPSA) is 83.9 Å². The summed E-state index contributed by atoms with van der Waals surface area (Å²) < 4.78 is 31.7. The third-order valence-corrected chi connectivity index (χ3v) is 6.49. The normalized spacial score (nSPS) is 43.1. The summed E-state index contributed by atoms with van der Waals surface area (Å²) in [5.74, 6) is -1.31. The number of aliphatic hydroxyl groups is 1. The van der Waals surface area contributed by atoms with Crippen LogP contribution in [-0.4, -0.2) is 52.8 Å². The van der Waals surface area contributed by atoms with Crippen LogP contribution in [0.2, 0.25) is 0 Å². The molecule has 0 saturated carbocycles. The standard InChI is InChI=1S/C12H17NO5S/c1-11(2,3)13-10(15)8-9(19(13,16)17)7-4-5-12(8,6-14)18-7/h4-5,7-9,14H,6H2,1-3H3/t7-,8+,9-,12-/m0/s1. The molecule has 1 amide bonds. The van der Waals surface area contributed by atoms with Gasteiger partial charge in [-0.25, -0.2) is 12.7 Å². The molecule has 1 N–H and O–H groups in total. The first-order chi connectivity index (χ1) is 8.65. The summed E-state index contributed by atoms with van der Waals surface area (Å²) in [7, 11) is -3.75. The van der Waals surface area contributed by atoms with Crippen molar-refractivity contribution in [3.8, 4) is 0 Å². The lowest BCUT2D eigenvalue weighted by atomic mass is 9.82. The van der Waals surface area contributed by atoms with Gasteiger partial charge in [0, 0.05) is 0 Å². The number of ether oxygens (including phenoxy) is 1. The second kappa shape index (κ2) is 3.39. The number of hydrogen-bond acceptors (Lipinski definition) is 5. The smallest absolute Gasteiger partial charge is 0.244 e. The third-order valence-electron chi connectivity index (χ3n) is 4.02. The molecular weight excluding hydrogens is 270 g/mol. The number of carbonyl (C=O) groups excluding carboxylic acids is 1. The molecule has 0 aromatic rings. The molecule has 0 unspecified atom stereocenters. The van der Waals surface area contributed by atoms with Crippen LogP contribution in [0.5, 0.6) is 0 Å². The molecule has 0 aromatic heterocycles. The average Bonchev–Trinajstić information content (AvgIpc) is 2.87. The number of hydrogen-bond donors (Lipinski definition) is 1. The Morgan fingerprint density at radius 2 is 2.11 bits per heavy atom. The van der Waals surface area contributed by atoms with E-state index in [-0.39, 0.29) is 6.61 Å². The summed E-state index contributed by atoms with van der Waals surface area (Å²) in [6, 6.07) is 0. The highest BCUT2D eigenvalue weighted by atomic mass is 32.2. The zero-order valence-electron chi connectivity index (χ0n) is 11.0. The highest BCUT2D eigenvalue weighted by molar-refractivity contribution is 7.91. The number of fused-ring (bicyclic) bond motifs is 5. The average molecular weight is 287 g/mol. The zero-order valence-corrected chi connectivity index (χ0v) is 11.8. The van der Waals surface area contributed by atoms with Crippen molar-refractivity contribution in [1.29, 1.82) is 0 Å². The number of sulfonamides is 1. The van der Waals surface area contributed by atoms with Crippen LogP contribution in [0.3, 0.4) is 0 Å². The Kier molecular flexibility index (Phi) is 2.34. The van der Waals surface area contributed by atoms with Gasteiger partial charge < -0.3 is 9.84 Å². The molecule has 3 aliphatic heterocycles. The number of rotatable bonds is 1. The first kappa shape index (κ1) is 13.1. The minimum Gasteiger partial charge on any atom is -0.393 e. The molecule has 19 heavy (non-hydrogen) atoms. The molecule has 2 bridgehead atoms. The summed E-state index contributed by atoms with van der Waals surface area (Å²) in [5, 5.41) is 8.62. The second-order valence-corrected chi connectivity index (χ2v) is 8.25. The van der Waals surface area contributed by atoms with Gasteiger partial charge in [0.15, 0.2) is 0 Å². The maximum Gasteiger partial charge on any atom is 0.244 e. The van der Waals surface area contributed by atoms with Gasteiger partial charge in [0.1, 0.15) is 10.9 Å². The molecule has 3 aliphatic rings. The van der Waals surface area contributed by atoms with Crippen molar-refractivity contribution in [1.82, 2.24) is 4.31 Å². The van der Waals surface area contributed by atoms with Crippen LogP contribution < -0.4 is 0 Å². The molecule has 0 spiro atoms. The van der Waals surface area contributed by atoms with Gasteiger partial charge in [-0.2, -0.15) is 0 Å². The monoisotopic (exact) mass is 287 g/mol. The molecular formula is C12H17NO5S. The minimum atomic E-state index is -3.75. The van der Waals surface area contributed by atoms with Crippen LogP contribution in [0.1, 0.15) is 20.8 Å². The predicted octanol–water partition coefficient (Wildman–Crippen LogP) is -0.359.